The van der Waals surface area contributed by atoms with Crippen LogP contribution in [0, 0.1) is 12.8 Å². The molecule has 1 aliphatic rings. The number of hydrogen-bond donors (Lipinski definition) is 2. The monoisotopic (exact) mass is 453 g/mol. The maximum absolute atomic E-state index is 12.8. The predicted octanol–water partition coefficient (Wildman–Crippen LogP) is 1.94. The summed E-state index contributed by atoms with van der Waals surface area (Å²) >= 11 is 1.61. The molecule has 0 bridgehead atoms. The molecule has 9 heteroatoms. The lowest BCUT2D eigenvalue weighted by molar-refractivity contribution is -0.131. The fraction of sp³-hybridized carbons (Fsp3) is 0.524. The first kappa shape index (κ1) is 24.4. The lowest BCUT2D eigenvalue weighted by Gasteiger charge is -2.31. The molecule has 2 rings (SSSR count). The van der Waals surface area contributed by atoms with Crippen molar-refractivity contribution in [1.29, 1.82) is 0 Å². The number of nitrogens with one attached hydrogen (secondary N) is 2. The van der Waals surface area contributed by atoms with Crippen LogP contribution in [0.25, 0.3) is 0 Å². The molecule has 1 aliphatic heterocycles. The minimum Gasteiger partial charge on any atom is -0.351 e. The van der Waals surface area contributed by atoms with Crippen LogP contribution in [0.15, 0.2) is 41.8 Å². The molecule has 1 heterocycles. The third-order valence-electron chi connectivity index (χ3n) is 5.15. The van der Waals surface area contributed by atoms with Gasteiger partial charge in [0.25, 0.3) is 0 Å². The Balaban J connectivity index is 1.95. The molecule has 2 N–H and O–H groups in total. The number of rotatable bonds is 10. The van der Waals surface area contributed by atoms with Gasteiger partial charge in [0.2, 0.25) is 21.8 Å². The first-order valence-electron chi connectivity index (χ1n) is 10.0. The van der Waals surface area contributed by atoms with Gasteiger partial charge in [0.15, 0.2) is 0 Å². The first-order chi connectivity index (χ1) is 14.3. The Morgan fingerprint density at radius 1 is 1.27 bits per heavy atom. The van der Waals surface area contributed by atoms with Gasteiger partial charge in [-0.3, -0.25) is 9.59 Å². The molecule has 1 fully saturated rings. The first-order valence-corrected chi connectivity index (χ1v) is 12.9. The number of sulfonamides is 1. The average molecular weight is 454 g/mol. The quantitative estimate of drug-likeness (QED) is 0.528. The van der Waals surface area contributed by atoms with Crippen molar-refractivity contribution in [2.45, 2.75) is 37.1 Å². The summed E-state index contributed by atoms with van der Waals surface area (Å²) in [5.41, 5.74) is 0.998. The largest absolute Gasteiger partial charge is 0.351 e. The van der Waals surface area contributed by atoms with Crippen LogP contribution >= 0.6 is 11.8 Å². The number of piperidine rings is 1. The fourth-order valence-electron chi connectivity index (χ4n) is 3.31. The van der Waals surface area contributed by atoms with E-state index in [1.165, 1.54) is 4.31 Å². The van der Waals surface area contributed by atoms with E-state index >= 15 is 0 Å². The van der Waals surface area contributed by atoms with Crippen molar-refractivity contribution in [3.8, 4) is 0 Å². The molecule has 0 spiro atoms. The SMILES string of the molecule is C=CCNC(=O)[C@H](CCSC)NC(=O)C1CCN(S(=O)(=O)c2ccc(C)cc2)CC1. The Morgan fingerprint density at radius 3 is 2.47 bits per heavy atom. The minimum atomic E-state index is -3.56. The molecule has 1 aromatic rings. The third kappa shape index (κ3) is 6.58. The van der Waals surface area contributed by atoms with Crippen molar-refractivity contribution in [3.05, 3.63) is 42.5 Å². The molecule has 1 atom stereocenters. The highest BCUT2D eigenvalue weighted by atomic mass is 32.2. The van der Waals surface area contributed by atoms with Crippen LogP contribution in [0.5, 0.6) is 0 Å². The van der Waals surface area contributed by atoms with Gasteiger partial charge in [0.1, 0.15) is 6.04 Å². The number of hydrogen-bond acceptors (Lipinski definition) is 5. The number of nitrogens with zero attached hydrogens (tertiary/aromatic N) is 1. The minimum absolute atomic E-state index is 0.192. The number of amides is 2. The Kier molecular flexibility index (Phi) is 9.38. The molecule has 7 nitrogen and oxygen atoms in total. The molecule has 0 radical (unpaired) electrons. The average Bonchev–Trinajstić information content (AvgIpc) is 2.75. The van der Waals surface area contributed by atoms with E-state index in [9.17, 15) is 18.0 Å². The molecule has 0 saturated carbocycles. The zero-order chi connectivity index (χ0) is 22.1. The van der Waals surface area contributed by atoms with Crippen molar-refractivity contribution in [1.82, 2.24) is 14.9 Å². The van der Waals surface area contributed by atoms with E-state index in [-0.39, 0.29) is 35.7 Å². The summed E-state index contributed by atoms with van der Waals surface area (Å²) in [7, 11) is -3.56. The standard InChI is InChI=1S/C21H31N3O4S2/c1-4-12-22-21(26)19(11-15-29-3)23-20(25)17-9-13-24(14-10-17)30(27,28)18-7-5-16(2)6-8-18/h4-8,17,19H,1,9-15H2,2-3H3,(H,22,26)(H,23,25)/t19-/m0/s1. The van der Waals surface area contributed by atoms with Crippen LogP contribution in [0.2, 0.25) is 0 Å². The Labute approximate surface area is 183 Å². The summed E-state index contributed by atoms with van der Waals surface area (Å²) in [6, 6.07) is 6.18. The van der Waals surface area contributed by atoms with Gasteiger partial charge in [0, 0.05) is 25.6 Å². The van der Waals surface area contributed by atoms with Crippen LogP contribution in [0.1, 0.15) is 24.8 Å². The number of thioether (sulfide) groups is 1. The van der Waals surface area contributed by atoms with Gasteiger partial charge >= 0.3 is 0 Å². The van der Waals surface area contributed by atoms with Gasteiger partial charge in [-0.05, 0) is 50.3 Å². The zero-order valence-corrected chi connectivity index (χ0v) is 19.2. The molecule has 2 amide bonds. The Hall–Kier alpha value is -1.84. The van der Waals surface area contributed by atoms with E-state index in [0.29, 0.717) is 25.8 Å². The van der Waals surface area contributed by atoms with Crippen LogP contribution in [-0.4, -0.2) is 62.2 Å². The highest BCUT2D eigenvalue weighted by molar-refractivity contribution is 7.98. The highest BCUT2D eigenvalue weighted by Crippen LogP contribution is 2.24. The third-order valence-corrected chi connectivity index (χ3v) is 7.70. The molecule has 1 saturated heterocycles. The lowest BCUT2D eigenvalue weighted by atomic mass is 9.96. The van der Waals surface area contributed by atoms with Gasteiger partial charge < -0.3 is 10.6 Å². The van der Waals surface area contributed by atoms with Gasteiger partial charge in [-0.1, -0.05) is 23.8 Å². The highest BCUT2D eigenvalue weighted by Gasteiger charge is 2.33. The smallest absolute Gasteiger partial charge is 0.243 e. The molecular formula is C21H31N3O4S2. The second kappa shape index (κ2) is 11.5. The second-order valence-corrected chi connectivity index (χ2v) is 10.3. The van der Waals surface area contributed by atoms with E-state index in [1.54, 1.807) is 42.1 Å². The second-order valence-electron chi connectivity index (χ2n) is 7.37. The van der Waals surface area contributed by atoms with E-state index in [4.69, 9.17) is 0 Å². The van der Waals surface area contributed by atoms with E-state index in [2.05, 4.69) is 17.2 Å². The van der Waals surface area contributed by atoms with Crippen LogP contribution < -0.4 is 10.6 Å². The summed E-state index contributed by atoms with van der Waals surface area (Å²) in [6.45, 7) is 6.40. The van der Waals surface area contributed by atoms with Crippen molar-refractivity contribution in [3.63, 3.8) is 0 Å². The molecule has 0 aliphatic carbocycles. The maximum Gasteiger partial charge on any atom is 0.243 e. The summed E-state index contributed by atoms with van der Waals surface area (Å²) in [5, 5.41) is 5.59. The molecule has 0 unspecified atom stereocenters. The van der Waals surface area contributed by atoms with Gasteiger partial charge in [0.05, 0.1) is 4.90 Å². The number of carbonyl (C=O) groups is 2. The topological polar surface area (TPSA) is 95.6 Å². The van der Waals surface area contributed by atoms with Gasteiger partial charge in [-0.15, -0.1) is 6.58 Å². The zero-order valence-electron chi connectivity index (χ0n) is 17.6. The van der Waals surface area contributed by atoms with Gasteiger partial charge in [-0.25, -0.2) is 8.42 Å². The normalized spacial score (nSPS) is 16.6. The predicted molar refractivity (Wildman–Crippen MR) is 121 cm³/mol. The van der Waals surface area contributed by atoms with Crippen molar-refractivity contribution < 1.29 is 18.0 Å². The van der Waals surface area contributed by atoms with Crippen molar-refractivity contribution >= 4 is 33.6 Å². The molecule has 1 aromatic carbocycles. The molecule has 30 heavy (non-hydrogen) atoms. The van der Waals surface area contributed by atoms with Crippen LogP contribution in [0.3, 0.4) is 0 Å². The maximum atomic E-state index is 12.8. The van der Waals surface area contributed by atoms with E-state index < -0.39 is 16.1 Å². The molecular weight excluding hydrogens is 422 g/mol. The Morgan fingerprint density at radius 2 is 1.90 bits per heavy atom. The van der Waals surface area contributed by atoms with Crippen molar-refractivity contribution in [2.75, 3.05) is 31.6 Å². The van der Waals surface area contributed by atoms with Crippen LogP contribution in [-0.2, 0) is 19.6 Å². The number of benzene rings is 1. The summed E-state index contributed by atoms with van der Waals surface area (Å²) < 4.78 is 27.1. The fourth-order valence-corrected chi connectivity index (χ4v) is 5.25. The summed E-state index contributed by atoms with van der Waals surface area (Å²) in [6.07, 6.45) is 4.94. The molecule has 166 valence electrons. The van der Waals surface area contributed by atoms with E-state index in [0.717, 1.165) is 11.3 Å². The summed E-state index contributed by atoms with van der Waals surface area (Å²) in [4.78, 5) is 25.3. The van der Waals surface area contributed by atoms with Crippen LogP contribution in [0.4, 0.5) is 0 Å². The Bertz CT molecular complexity index is 832. The number of aryl methyl sites for hydroxylation is 1. The lowest BCUT2D eigenvalue weighted by Crippen LogP contribution is -2.50. The molecule has 0 aromatic heterocycles. The van der Waals surface area contributed by atoms with Crippen molar-refractivity contribution in [2.24, 2.45) is 5.92 Å². The van der Waals surface area contributed by atoms with E-state index in [1.807, 2.05) is 13.2 Å². The van der Waals surface area contributed by atoms with Gasteiger partial charge in [-0.2, -0.15) is 16.1 Å². The number of carbonyl (C=O) groups excluding carboxylic acids is 2. The summed E-state index contributed by atoms with van der Waals surface area (Å²) in [5.74, 6) is 0.0250.